The van der Waals surface area contributed by atoms with Gasteiger partial charge in [-0.05, 0) is 38.1 Å². The Balaban J connectivity index is 1.54. The maximum atomic E-state index is 12.7. The third-order valence-electron chi connectivity index (χ3n) is 5.76. The summed E-state index contributed by atoms with van der Waals surface area (Å²) in [7, 11) is 0. The number of pyridine rings is 1. The van der Waals surface area contributed by atoms with E-state index in [-0.39, 0.29) is 17.9 Å². The molecule has 1 saturated heterocycles. The van der Waals surface area contributed by atoms with Crippen LogP contribution >= 0.6 is 0 Å². The van der Waals surface area contributed by atoms with Crippen molar-refractivity contribution in [3.63, 3.8) is 0 Å². The van der Waals surface area contributed by atoms with Crippen LogP contribution in [0.5, 0.6) is 0 Å². The number of nitrogens with one attached hydrogen (secondary N) is 2. The van der Waals surface area contributed by atoms with Crippen LogP contribution in [0.15, 0.2) is 53.3 Å². The summed E-state index contributed by atoms with van der Waals surface area (Å²) < 4.78 is 7.16. The number of benzene rings is 2. The second-order valence-corrected chi connectivity index (χ2v) is 8.04. The number of rotatable bonds is 6. The largest absolute Gasteiger partial charge is 0.378 e. The highest BCUT2D eigenvalue weighted by Gasteiger charge is 2.17. The SMILES string of the molecule is CCn1c(=O)cc(N2CCOCC2)c2cc(NC(=O)NCC(=O)c3cccc(C)c3)ccc21. The Morgan fingerprint density at radius 1 is 1.06 bits per heavy atom. The number of carbonyl (C=O) groups excluding carboxylic acids is 2. The summed E-state index contributed by atoms with van der Waals surface area (Å²) >= 11 is 0. The van der Waals surface area contributed by atoms with Crippen LogP contribution in [0.25, 0.3) is 10.9 Å². The van der Waals surface area contributed by atoms with Gasteiger partial charge in [0, 0.05) is 42.3 Å². The molecule has 2 amide bonds. The molecule has 0 aliphatic carbocycles. The molecule has 3 aromatic rings. The normalized spacial score (nSPS) is 13.7. The number of carbonyl (C=O) groups is 2. The first kappa shape index (κ1) is 22.5. The number of hydrogen-bond acceptors (Lipinski definition) is 5. The minimum absolute atomic E-state index is 0.0559. The van der Waals surface area contributed by atoms with Crippen molar-refractivity contribution in [3.05, 3.63) is 70.0 Å². The van der Waals surface area contributed by atoms with Crippen LogP contribution in [-0.4, -0.2) is 49.2 Å². The van der Waals surface area contributed by atoms with Crippen LogP contribution < -0.4 is 21.1 Å². The van der Waals surface area contributed by atoms with Crippen LogP contribution in [0.2, 0.25) is 0 Å². The Hall–Kier alpha value is -3.65. The number of fused-ring (bicyclic) bond motifs is 1. The molecular formula is C25H28N4O4. The summed E-state index contributed by atoms with van der Waals surface area (Å²) in [6.07, 6.45) is 0. The van der Waals surface area contributed by atoms with Gasteiger partial charge >= 0.3 is 6.03 Å². The van der Waals surface area contributed by atoms with E-state index >= 15 is 0 Å². The van der Waals surface area contributed by atoms with Crippen molar-refractivity contribution in [2.45, 2.75) is 20.4 Å². The van der Waals surface area contributed by atoms with Gasteiger partial charge in [0.25, 0.3) is 5.56 Å². The summed E-state index contributed by atoms with van der Waals surface area (Å²) in [6.45, 7) is 6.90. The van der Waals surface area contributed by atoms with Gasteiger partial charge < -0.3 is 24.8 Å². The molecule has 2 N–H and O–H groups in total. The Kier molecular flexibility index (Phi) is 6.74. The Labute approximate surface area is 192 Å². The lowest BCUT2D eigenvalue weighted by Crippen LogP contribution is -2.37. The molecule has 0 bridgehead atoms. The van der Waals surface area contributed by atoms with Gasteiger partial charge in [-0.25, -0.2) is 4.79 Å². The number of aryl methyl sites for hydroxylation is 2. The molecule has 8 heteroatoms. The summed E-state index contributed by atoms with van der Waals surface area (Å²) in [5, 5.41) is 6.31. The molecule has 172 valence electrons. The Morgan fingerprint density at radius 2 is 1.85 bits per heavy atom. The minimum atomic E-state index is -0.466. The van der Waals surface area contributed by atoms with E-state index in [1.54, 1.807) is 28.8 Å². The topological polar surface area (TPSA) is 92.7 Å². The number of Topliss-reactive ketones (excluding diaryl/α,β-unsaturated/α-hetero) is 1. The van der Waals surface area contributed by atoms with Gasteiger partial charge in [0.1, 0.15) is 0 Å². The van der Waals surface area contributed by atoms with Gasteiger partial charge in [0.15, 0.2) is 5.78 Å². The fourth-order valence-corrected chi connectivity index (χ4v) is 4.09. The monoisotopic (exact) mass is 448 g/mol. The first-order valence-electron chi connectivity index (χ1n) is 11.1. The molecule has 0 radical (unpaired) electrons. The second kappa shape index (κ2) is 9.87. The molecule has 1 aromatic heterocycles. The predicted molar refractivity (Wildman–Crippen MR) is 129 cm³/mol. The number of aromatic nitrogens is 1. The van der Waals surface area contributed by atoms with Gasteiger partial charge in [-0.2, -0.15) is 0 Å². The summed E-state index contributed by atoms with van der Waals surface area (Å²) in [6, 6.07) is 13.9. The number of amides is 2. The maximum Gasteiger partial charge on any atom is 0.319 e. The fourth-order valence-electron chi connectivity index (χ4n) is 4.09. The fraction of sp³-hybridized carbons (Fsp3) is 0.320. The zero-order valence-electron chi connectivity index (χ0n) is 18.9. The lowest BCUT2D eigenvalue weighted by Gasteiger charge is -2.30. The van der Waals surface area contributed by atoms with Crippen LogP contribution in [0.1, 0.15) is 22.8 Å². The first-order valence-corrected chi connectivity index (χ1v) is 11.1. The molecule has 0 atom stereocenters. The zero-order chi connectivity index (χ0) is 23.4. The molecule has 2 aromatic carbocycles. The van der Waals surface area contributed by atoms with Gasteiger partial charge in [-0.3, -0.25) is 9.59 Å². The van der Waals surface area contributed by atoms with Crippen molar-refractivity contribution >= 4 is 34.1 Å². The third-order valence-corrected chi connectivity index (χ3v) is 5.76. The maximum absolute atomic E-state index is 12.7. The second-order valence-electron chi connectivity index (χ2n) is 8.04. The number of nitrogens with zero attached hydrogens (tertiary/aromatic N) is 2. The van der Waals surface area contributed by atoms with Crippen molar-refractivity contribution in [1.82, 2.24) is 9.88 Å². The number of hydrogen-bond donors (Lipinski definition) is 2. The predicted octanol–water partition coefficient (Wildman–Crippen LogP) is 3.17. The van der Waals surface area contributed by atoms with Gasteiger partial charge in [0.2, 0.25) is 0 Å². The number of ketones is 1. The zero-order valence-corrected chi connectivity index (χ0v) is 18.9. The smallest absolute Gasteiger partial charge is 0.319 e. The average molecular weight is 449 g/mol. The van der Waals surface area contributed by atoms with Crippen LogP contribution in [-0.2, 0) is 11.3 Å². The quantitative estimate of drug-likeness (QED) is 0.565. The lowest BCUT2D eigenvalue weighted by atomic mass is 10.1. The number of ether oxygens (including phenoxy) is 1. The van der Waals surface area contributed by atoms with E-state index in [9.17, 15) is 14.4 Å². The van der Waals surface area contributed by atoms with E-state index in [2.05, 4.69) is 15.5 Å². The van der Waals surface area contributed by atoms with Gasteiger partial charge in [-0.15, -0.1) is 0 Å². The molecule has 0 spiro atoms. The number of urea groups is 1. The van der Waals surface area contributed by atoms with Gasteiger partial charge in [0.05, 0.1) is 31.0 Å². The molecule has 0 saturated carbocycles. The van der Waals surface area contributed by atoms with Crippen LogP contribution in [0, 0.1) is 6.92 Å². The highest BCUT2D eigenvalue weighted by Crippen LogP contribution is 2.28. The first-order chi connectivity index (χ1) is 16.0. The number of morpholine rings is 1. The molecule has 1 aliphatic rings. The van der Waals surface area contributed by atoms with Crippen molar-refractivity contribution in [2.75, 3.05) is 43.1 Å². The number of anilines is 2. The summed E-state index contributed by atoms with van der Waals surface area (Å²) in [5.41, 5.74) is 3.73. The highest BCUT2D eigenvalue weighted by molar-refractivity contribution is 6.02. The molecular weight excluding hydrogens is 420 g/mol. The average Bonchev–Trinajstić information content (AvgIpc) is 2.82. The Morgan fingerprint density at radius 3 is 2.58 bits per heavy atom. The molecule has 33 heavy (non-hydrogen) atoms. The lowest BCUT2D eigenvalue weighted by molar-refractivity contribution is 0.0993. The molecule has 1 fully saturated rings. The van der Waals surface area contributed by atoms with Crippen LogP contribution in [0.3, 0.4) is 0 Å². The third kappa shape index (κ3) is 5.06. The summed E-state index contributed by atoms with van der Waals surface area (Å²) in [5.74, 6) is -0.158. The van der Waals surface area contributed by atoms with E-state index in [0.29, 0.717) is 44.1 Å². The standard InChI is InChI=1S/C25H28N4O4/c1-3-29-21-8-7-19(14-20(21)22(15-24(29)31)28-9-11-33-12-10-28)27-25(32)26-16-23(30)18-6-4-5-17(2)13-18/h4-8,13-15H,3,9-12,16H2,1-2H3,(H2,26,27,32). The molecule has 1 aliphatic heterocycles. The Bertz CT molecular complexity index is 1240. The van der Waals surface area contributed by atoms with Crippen molar-refractivity contribution in [1.29, 1.82) is 0 Å². The van der Waals surface area contributed by atoms with E-state index in [0.717, 1.165) is 22.2 Å². The van der Waals surface area contributed by atoms with Gasteiger partial charge in [-0.1, -0.05) is 23.8 Å². The highest BCUT2D eigenvalue weighted by atomic mass is 16.5. The van der Waals surface area contributed by atoms with E-state index in [4.69, 9.17) is 4.74 Å². The van der Waals surface area contributed by atoms with E-state index in [1.165, 1.54) is 0 Å². The summed E-state index contributed by atoms with van der Waals surface area (Å²) in [4.78, 5) is 39.6. The van der Waals surface area contributed by atoms with Crippen molar-refractivity contribution in [3.8, 4) is 0 Å². The molecule has 8 nitrogen and oxygen atoms in total. The minimum Gasteiger partial charge on any atom is -0.378 e. The van der Waals surface area contributed by atoms with Crippen molar-refractivity contribution in [2.24, 2.45) is 0 Å². The van der Waals surface area contributed by atoms with Crippen LogP contribution in [0.4, 0.5) is 16.2 Å². The molecule has 4 rings (SSSR count). The molecule has 2 heterocycles. The van der Waals surface area contributed by atoms with E-state index < -0.39 is 6.03 Å². The van der Waals surface area contributed by atoms with Crippen molar-refractivity contribution < 1.29 is 14.3 Å². The molecule has 0 unspecified atom stereocenters. The van der Waals surface area contributed by atoms with E-state index in [1.807, 2.05) is 38.1 Å².